The Morgan fingerprint density at radius 1 is 1.32 bits per heavy atom. The molecule has 1 aliphatic rings. The molecule has 1 aromatic rings. The number of aromatic nitrogens is 2. The first-order chi connectivity index (χ1) is 9.15. The molecule has 0 saturated carbocycles. The number of hydrogen-bond acceptors (Lipinski definition) is 6. The van der Waals surface area contributed by atoms with Crippen molar-refractivity contribution < 1.29 is 14.3 Å². The van der Waals surface area contributed by atoms with Gasteiger partial charge in [0.2, 0.25) is 16.9 Å². The average molecular weight is 284 g/mol. The lowest BCUT2D eigenvalue weighted by Gasteiger charge is -2.26. The van der Waals surface area contributed by atoms with Crippen LogP contribution in [0.2, 0.25) is 0 Å². The first-order valence-electron chi connectivity index (χ1n) is 6.10. The maximum absolute atomic E-state index is 11.8. The number of anilines is 1. The van der Waals surface area contributed by atoms with Crippen LogP contribution in [-0.4, -0.2) is 53.2 Å². The lowest BCUT2D eigenvalue weighted by Crippen LogP contribution is -2.40. The Morgan fingerprint density at radius 3 is 2.68 bits per heavy atom. The van der Waals surface area contributed by atoms with E-state index in [1.165, 1.54) is 11.3 Å². The zero-order valence-electron chi connectivity index (χ0n) is 10.7. The van der Waals surface area contributed by atoms with Crippen LogP contribution in [0.25, 0.3) is 0 Å². The summed E-state index contributed by atoms with van der Waals surface area (Å²) in [6.45, 7) is 4.17. The normalized spacial score (nSPS) is 15.3. The lowest BCUT2D eigenvalue weighted by atomic mass is 10.2. The number of morpholine rings is 1. The molecule has 8 heteroatoms. The zero-order valence-corrected chi connectivity index (χ0v) is 11.5. The molecule has 0 radical (unpaired) electrons. The Morgan fingerprint density at radius 2 is 2.05 bits per heavy atom. The van der Waals surface area contributed by atoms with Crippen molar-refractivity contribution in [2.24, 2.45) is 0 Å². The van der Waals surface area contributed by atoms with Gasteiger partial charge in [0.15, 0.2) is 0 Å². The van der Waals surface area contributed by atoms with Gasteiger partial charge in [-0.05, 0) is 6.92 Å². The number of aryl methyl sites for hydroxylation is 1. The SMILES string of the molecule is Cc1nnc(NC(=O)CCC(=O)N2CCOCC2)s1. The zero-order chi connectivity index (χ0) is 13.7. The standard InChI is InChI=1S/C11H16N4O3S/c1-8-13-14-11(19-8)12-9(16)2-3-10(17)15-4-6-18-7-5-15/h2-7H2,1H3,(H,12,14,16). The number of hydrogen-bond donors (Lipinski definition) is 1. The molecule has 1 aliphatic heterocycles. The van der Waals surface area contributed by atoms with Gasteiger partial charge in [0.25, 0.3) is 0 Å². The van der Waals surface area contributed by atoms with E-state index < -0.39 is 0 Å². The smallest absolute Gasteiger partial charge is 0.226 e. The predicted octanol–water partition coefficient (Wildman–Crippen LogP) is 0.424. The molecule has 7 nitrogen and oxygen atoms in total. The Kier molecular flexibility index (Phi) is 4.80. The van der Waals surface area contributed by atoms with E-state index in [2.05, 4.69) is 15.5 Å². The summed E-state index contributed by atoms with van der Waals surface area (Å²) in [4.78, 5) is 25.2. The molecule has 2 amide bonds. The van der Waals surface area contributed by atoms with Crippen molar-refractivity contribution in [1.29, 1.82) is 0 Å². The molecule has 0 aromatic carbocycles. The van der Waals surface area contributed by atoms with Crippen LogP contribution in [0.4, 0.5) is 5.13 Å². The van der Waals surface area contributed by atoms with Gasteiger partial charge in [-0.15, -0.1) is 10.2 Å². The van der Waals surface area contributed by atoms with E-state index in [0.29, 0.717) is 31.4 Å². The van der Waals surface area contributed by atoms with Gasteiger partial charge in [-0.25, -0.2) is 0 Å². The molecule has 0 atom stereocenters. The first-order valence-corrected chi connectivity index (χ1v) is 6.92. The van der Waals surface area contributed by atoms with Crippen LogP contribution < -0.4 is 5.32 Å². The minimum absolute atomic E-state index is 0.00751. The third-order valence-corrected chi connectivity index (χ3v) is 3.46. The first kappa shape index (κ1) is 13.9. The molecular formula is C11H16N4O3S. The molecule has 1 saturated heterocycles. The molecule has 0 aliphatic carbocycles. The summed E-state index contributed by atoms with van der Waals surface area (Å²) in [5, 5.41) is 11.5. The second kappa shape index (κ2) is 6.58. The van der Waals surface area contributed by atoms with Crippen LogP contribution in [-0.2, 0) is 14.3 Å². The van der Waals surface area contributed by atoms with Crippen LogP contribution in [0.5, 0.6) is 0 Å². The van der Waals surface area contributed by atoms with Crippen LogP contribution in [0, 0.1) is 6.92 Å². The number of rotatable bonds is 4. The monoisotopic (exact) mass is 284 g/mol. The highest BCUT2D eigenvalue weighted by Gasteiger charge is 2.17. The lowest BCUT2D eigenvalue weighted by molar-refractivity contribution is -0.136. The van der Waals surface area contributed by atoms with Gasteiger partial charge in [-0.1, -0.05) is 11.3 Å². The molecule has 0 bridgehead atoms. The number of amides is 2. The molecule has 2 heterocycles. The summed E-state index contributed by atoms with van der Waals surface area (Å²) in [7, 11) is 0. The number of ether oxygens (including phenoxy) is 1. The topological polar surface area (TPSA) is 84.4 Å². The van der Waals surface area contributed by atoms with E-state index >= 15 is 0 Å². The quantitative estimate of drug-likeness (QED) is 0.866. The summed E-state index contributed by atoms with van der Waals surface area (Å²) >= 11 is 1.31. The fourth-order valence-corrected chi connectivity index (χ4v) is 2.33. The number of nitrogens with one attached hydrogen (secondary N) is 1. The van der Waals surface area contributed by atoms with Gasteiger partial charge in [0.05, 0.1) is 13.2 Å². The Labute approximate surface area is 115 Å². The molecule has 19 heavy (non-hydrogen) atoms. The van der Waals surface area contributed by atoms with E-state index in [9.17, 15) is 9.59 Å². The predicted molar refractivity (Wildman–Crippen MR) is 69.9 cm³/mol. The average Bonchev–Trinajstić information content (AvgIpc) is 2.82. The maximum Gasteiger partial charge on any atom is 0.226 e. The Balaban J connectivity index is 1.72. The van der Waals surface area contributed by atoms with E-state index in [-0.39, 0.29) is 24.7 Å². The summed E-state index contributed by atoms with van der Waals surface area (Å²) in [5.74, 6) is -0.218. The van der Waals surface area contributed by atoms with Crippen molar-refractivity contribution in [3.8, 4) is 0 Å². The fourth-order valence-electron chi connectivity index (χ4n) is 1.72. The highest BCUT2D eigenvalue weighted by Crippen LogP contribution is 2.14. The minimum Gasteiger partial charge on any atom is -0.378 e. The molecule has 1 N–H and O–H groups in total. The van der Waals surface area contributed by atoms with Crippen LogP contribution in [0.15, 0.2) is 0 Å². The van der Waals surface area contributed by atoms with Gasteiger partial charge in [-0.3, -0.25) is 9.59 Å². The maximum atomic E-state index is 11.8. The number of carbonyl (C=O) groups excluding carboxylic acids is 2. The Hall–Kier alpha value is -1.54. The van der Waals surface area contributed by atoms with E-state index in [1.54, 1.807) is 4.90 Å². The van der Waals surface area contributed by atoms with Crippen LogP contribution in [0.3, 0.4) is 0 Å². The molecule has 1 fully saturated rings. The van der Waals surface area contributed by atoms with Gasteiger partial charge >= 0.3 is 0 Å². The Bertz CT molecular complexity index is 457. The van der Waals surface area contributed by atoms with Gasteiger partial charge in [0, 0.05) is 25.9 Å². The number of nitrogens with zero attached hydrogens (tertiary/aromatic N) is 3. The number of carbonyl (C=O) groups is 2. The van der Waals surface area contributed by atoms with Gasteiger partial charge in [-0.2, -0.15) is 0 Å². The van der Waals surface area contributed by atoms with E-state index in [0.717, 1.165) is 5.01 Å². The van der Waals surface area contributed by atoms with Crippen molar-refractivity contribution in [2.75, 3.05) is 31.6 Å². The fraction of sp³-hybridized carbons (Fsp3) is 0.636. The van der Waals surface area contributed by atoms with Crippen LogP contribution >= 0.6 is 11.3 Å². The van der Waals surface area contributed by atoms with Gasteiger partial charge in [0.1, 0.15) is 5.01 Å². The summed E-state index contributed by atoms with van der Waals surface area (Å²) < 4.78 is 5.17. The third kappa shape index (κ3) is 4.25. The molecule has 1 aromatic heterocycles. The van der Waals surface area contributed by atoms with E-state index in [4.69, 9.17) is 4.74 Å². The van der Waals surface area contributed by atoms with Crippen molar-refractivity contribution in [2.45, 2.75) is 19.8 Å². The van der Waals surface area contributed by atoms with Crippen molar-refractivity contribution in [3.05, 3.63) is 5.01 Å². The van der Waals surface area contributed by atoms with Crippen molar-refractivity contribution >= 4 is 28.3 Å². The molecular weight excluding hydrogens is 268 g/mol. The van der Waals surface area contributed by atoms with E-state index in [1.807, 2.05) is 6.92 Å². The molecule has 0 spiro atoms. The molecule has 2 rings (SSSR count). The van der Waals surface area contributed by atoms with Gasteiger partial charge < -0.3 is 15.0 Å². The molecule has 0 unspecified atom stereocenters. The highest BCUT2D eigenvalue weighted by atomic mass is 32.1. The summed E-state index contributed by atoms with van der Waals surface area (Å²) in [6, 6.07) is 0. The second-order valence-electron chi connectivity index (χ2n) is 4.17. The minimum atomic E-state index is -0.210. The third-order valence-electron chi connectivity index (χ3n) is 2.70. The summed E-state index contributed by atoms with van der Waals surface area (Å²) in [6.07, 6.45) is 0.373. The largest absolute Gasteiger partial charge is 0.378 e. The van der Waals surface area contributed by atoms with Crippen LogP contribution in [0.1, 0.15) is 17.8 Å². The van der Waals surface area contributed by atoms with Crippen molar-refractivity contribution in [1.82, 2.24) is 15.1 Å². The highest BCUT2D eigenvalue weighted by molar-refractivity contribution is 7.15. The summed E-state index contributed by atoms with van der Waals surface area (Å²) in [5.41, 5.74) is 0. The van der Waals surface area contributed by atoms with Crippen molar-refractivity contribution in [3.63, 3.8) is 0 Å². The molecule has 104 valence electrons. The second-order valence-corrected chi connectivity index (χ2v) is 5.35.